The predicted octanol–water partition coefficient (Wildman–Crippen LogP) is 4.88. The van der Waals surface area contributed by atoms with Gasteiger partial charge in [-0.3, -0.25) is 9.52 Å². The zero-order valence-electron chi connectivity index (χ0n) is 17.9. The van der Waals surface area contributed by atoms with Gasteiger partial charge in [0.1, 0.15) is 0 Å². The molecule has 6 nitrogen and oxygen atoms in total. The Morgan fingerprint density at radius 2 is 1.72 bits per heavy atom. The Labute approximate surface area is 199 Å². The van der Waals surface area contributed by atoms with Crippen LogP contribution in [0.3, 0.4) is 0 Å². The number of nitrogens with one attached hydrogen (secondary N) is 1. The maximum atomic E-state index is 13.4. The Hall–Kier alpha value is -1.80. The van der Waals surface area contributed by atoms with Gasteiger partial charge in [0.2, 0.25) is 0 Å². The summed E-state index contributed by atoms with van der Waals surface area (Å²) in [5.41, 5.74) is 0.822. The first kappa shape index (κ1) is 23.4. The minimum absolute atomic E-state index is 0.00548. The lowest BCUT2D eigenvalue weighted by Crippen LogP contribution is -2.48. The number of hydrogen-bond donors (Lipinski definition) is 1. The molecule has 1 aliphatic carbocycles. The fourth-order valence-electron chi connectivity index (χ4n) is 4.22. The summed E-state index contributed by atoms with van der Waals surface area (Å²) in [5.74, 6) is -0.0296. The largest absolute Gasteiger partial charge is 0.333 e. The first-order valence-electron chi connectivity index (χ1n) is 10.9. The van der Waals surface area contributed by atoms with Crippen LogP contribution in [0.2, 0.25) is 10.0 Å². The summed E-state index contributed by atoms with van der Waals surface area (Å²) < 4.78 is 28.1. The fraction of sp³-hybridized carbons (Fsp3) is 0.435. The number of nitrogens with zero attached hydrogens (tertiary/aromatic N) is 2. The molecule has 2 fully saturated rings. The molecule has 2 aromatic carbocycles. The molecule has 0 atom stereocenters. The quantitative estimate of drug-likeness (QED) is 0.593. The van der Waals surface area contributed by atoms with Crippen molar-refractivity contribution in [3.05, 3.63) is 58.1 Å². The van der Waals surface area contributed by atoms with Crippen molar-refractivity contribution in [2.45, 2.75) is 49.6 Å². The van der Waals surface area contributed by atoms with Gasteiger partial charge in [-0.15, -0.1) is 0 Å². The molecule has 0 bridgehead atoms. The molecule has 1 N–H and O–H groups in total. The number of rotatable bonds is 7. The van der Waals surface area contributed by atoms with Crippen LogP contribution >= 0.6 is 23.2 Å². The third kappa shape index (κ3) is 5.22. The van der Waals surface area contributed by atoms with Crippen molar-refractivity contribution in [3.63, 3.8) is 0 Å². The molecule has 0 aromatic heterocycles. The Balaban J connectivity index is 1.52. The average molecular weight is 496 g/mol. The van der Waals surface area contributed by atoms with E-state index < -0.39 is 10.0 Å². The van der Waals surface area contributed by atoms with Crippen LogP contribution in [0.1, 0.15) is 43.0 Å². The van der Waals surface area contributed by atoms with Crippen LogP contribution in [0.15, 0.2) is 47.4 Å². The van der Waals surface area contributed by atoms with Crippen LogP contribution < -0.4 is 4.72 Å². The molecule has 1 saturated heterocycles. The Bertz CT molecular complexity index is 1100. The summed E-state index contributed by atoms with van der Waals surface area (Å²) in [5, 5.41) is 0.441. The Kier molecular flexibility index (Phi) is 7.00. The van der Waals surface area contributed by atoms with Crippen molar-refractivity contribution >= 4 is 44.8 Å². The highest BCUT2D eigenvalue weighted by Gasteiger charge is 2.38. The maximum absolute atomic E-state index is 13.4. The smallest absolute Gasteiger partial charge is 0.261 e. The van der Waals surface area contributed by atoms with E-state index in [-0.39, 0.29) is 32.9 Å². The highest BCUT2D eigenvalue weighted by atomic mass is 35.5. The first-order chi connectivity index (χ1) is 15.3. The number of anilines is 1. The molecule has 1 amide bonds. The molecule has 2 aliphatic rings. The van der Waals surface area contributed by atoms with E-state index >= 15 is 0 Å². The number of benzene rings is 2. The minimum atomic E-state index is -3.87. The molecule has 2 aromatic rings. The van der Waals surface area contributed by atoms with E-state index in [0.29, 0.717) is 11.3 Å². The fourth-order valence-corrected chi connectivity index (χ4v) is 5.66. The maximum Gasteiger partial charge on any atom is 0.261 e. The lowest BCUT2D eigenvalue weighted by atomic mass is 10.0. The zero-order chi connectivity index (χ0) is 22.9. The lowest BCUT2D eigenvalue weighted by molar-refractivity contribution is 0.0554. The van der Waals surface area contributed by atoms with Gasteiger partial charge < -0.3 is 9.80 Å². The summed E-state index contributed by atoms with van der Waals surface area (Å²) in [4.78, 5) is 17.9. The van der Waals surface area contributed by atoms with E-state index in [2.05, 4.69) is 16.5 Å². The number of hydrogen-bond acceptors (Lipinski definition) is 4. The van der Waals surface area contributed by atoms with Gasteiger partial charge in [0.15, 0.2) is 0 Å². The molecular formula is C23H27Cl2N3O3S. The topological polar surface area (TPSA) is 69.7 Å². The number of carbonyl (C=O) groups excluding carboxylic acids is 1. The molecule has 0 spiro atoms. The number of piperidine rings is 1. The molecule has 9 heteroatoms. The van der Waals surface area contributed by atoms with E-state index in [1.54, 1.807) is 24.3 Å². The zero-order valence-corrected chi connectivity index (χ0v) is 20.3. The second kappa shape index (κ2) is 9.59. The summed E-state index contributed by atoms with van der Waals surface area (Å²) >= 11 is 11.9. The van der Waals surface area contributed by atoms with Crippen LogP contribution in [0.4, 0.5) is 5.69 Å². The molecular weight excluding hydrogens is 469 g/mol. The summed E-state index contributed by atoms with van der Waals surface area (Å²) in [6, 6.07) is 11.3. The van der Waals surface area contributed by atoms with Crippen molar-refractivity contribution in [2.75, 3.05) is 24.4 Å². The Morgan fingerprint density at radius 3 is 2.34 bits per heavy atom. The molecule has 172 valence electrons. The van der Waals surface area contributed by atoms with E-state index in [0.717, 1.165) is 45.3 Å². The van der Waals surface area contributed by atoms with Crippen LogP contribution in [-0.4, -0.2) is 55.8 Å². The van der Waals surface area contributed by atoms with Crippen molar-refractivity contribution < 1.29 is 13.2 Å². The van der Waals surface area contributed by atoms with Crippen molar-refractivity contribution in [1.29, 1.82) is 0 Å². The molecule has 0 unspecified atom stereocenters. The Morgan fingerprint density at radius 1 is 1.03 bits per heavy atom. The average Bonchev–Trinajstić information content (AvgIpc) is 3.61. The molecule has 1 saturated carbocycles. The number of amides is 1. The molecule has 1 heterocycles. The minimum Gasteiger partial charge on any atom is -0.333 e. The number of halogens is 2. The summed E-state index contributed by atoms with van der Waals surface area (Å²) in [6.45, 7) is 5.20. The lowest BCUT2D eigenvalue weighted by Gasteiger charge is -2.38. The SMILES string of the molecule is CCN1CCC(N(C(=O)c2cccc(NS(=O)(=O)c3ccc(Cl)c(Cl)c3)c2)C2CC2)CC1. The molecule has 0 radical (unpaired) electrons. The normalized spacial score (nSPS) is 17.8. The summed E-state index contributed by atoms with van der Waals surface area (Å²) in [6.07, 6.45) is 4.01. The molecule has 4 rings (SSSR count). The van der Waals surface area contributed by atoms with Crippen LogP contribution in [0.25, 0.3) is 0 Å². The number of sulfonamides is 1. The van der Waals surface area contributed by atoms with Crippen LogP contribution in [-0.2, 0) is 10.0 Å². The van der Waals surface area contributed by atoms with Gasteiger partial charge in [-0.05, 0) is 68.6 Å². The van der Waals surface area contributed by atoms with Gasteiger partial charge in [0.25, 0.3) is 15.9 Å². The van der Waals surface area contributed by atoms with Crippen molar-refractivity contribution in [3.8, 4) is 0 Å². The highest BCUT2D eigenvalue weighted by Crippen LogP contribution is 2.34. The van der Waals surface area contributed by atoms with E-state index in [9.17, 15) is 13.2 Å². The van der Waals surface area contributed by atoms with Crippen molar-refractivity contribution in [1.82, 2.24) is 9.80 Å². The van der Waals surface area contributed by atoms with E-state index in [1.165, 1.54) is 18.2 Å². The van der Waals surface area contributed by atoms with Gasteiger partial charge in [-0.2, -0.15) is 0 Å². The standard InChI is InChI=1S/C23H27Cl2N3O3S/c1-2-27-12-10-19(11-13-27)28(18-6-7-18)23(29)16-4-3-5-17(14-16)26-32(30,31)20-8-9-21(24)22(25)15-20/h3-5,8-9,14-15,18-19,26H,2,6-7,10-13H2,1H3. The van der Waals surface area contributed by atoms with Gasteiger partial charge >= 0.3 is 0 Å². The molecule has 32 heavy (non-hydrogen) atoms. The molecule has 1 aliphatic heterocycles. The van der Waals surface area contributed by atoms with Gasteiger partial charge in [0.05, 0.1) is 14.9 Å². The van der Waals surface area contributed by atoms with Crippen LogP contribution in [0, 0.1) is 0 Å². The van der Waals surface area contributed by atoms with Gasteiger partial charge in [-0.1, -0.05) is 36.2 Å². The first-order valence-corrected chi connectivity index (χ1v) is 13.2. The van der Waals surface area contributed by atoms with E-state index in [1.807, 2.05) is 4.90 Å². The second-order valence-corrected chi connectivity index (χ2v) is 10.9. The number of likely N-dealkylation sites (tertiary alicyclic amines) is 1. The monoisotopic (exact) mass is 495 g/mol. The summed E-state index contributed by atoms with van der Waals surface area (Å²) in [7, 11) is -3.87. The van der Waals surface area contributed by atoms with E-state index in [4.69, 9.17) is 23.2 Å². The predicted molar refractivity (Wildman–Crippen MR) is 128 cm³/mol. The second-order valence-electron chi connectivity index (χ2n) is 8.37. The van der Waals surface area contributed by atoms with Crippen molar-refractivity contribution in [2.24, 2.45) is 0 Å². The third-order valence-electron chi connectivity index (χ3n) is 6.14. The highest BCUT2D eigenvalue weighted by molar-refractivity contribution is 7.92. The van der Waals surface area contributed by atoms with Crippen LogP contribution in [0.5, 0.6) is 0 Å². The number of carbonyl (C=O) groups is 1. The van der Waals surface area contributed by atoms with Gasteiger partial charge in [0, 0.05) is 36.4 Å². The third-order valence-corrected chi connectivity index (χ3v) is 8.25. The van der Waals surface area contributed by atoms with Gasteiger partial charge in [-0.25, -0.2) is 8.42 Å².